The number of rotatable bonds is 1. The van der Waals surface area contributed by atoms with Crippen LogP contribution in [-0.4, -0.2) is 26.5 Å². The quantitative estimate of drug-likeness (QED) is 0.833. The molecule has 16 heavy (non-hydrogen) atoms. The Morgan fingerprint density at radius 2 is 1.88 bits per heavy atom. The Balaban J connectivity index is 0.00000128. The second kappa shape index (κ2) is 5.12. The molecule has 0 bridgehead atoms. The number of nitrogens with one attached hydrogen (secondary N) is 1. The van der Waals surface area contributed by atoms with Gasteiger partial charge in [-0.3, -0.25) is 0 Å². The van der Waals surface area contributed by atoms with E-state index >= 15 is 0 Å². The van der Waals surface area contributed by atoms with Gasteiger partial charge in [0, 0.05) is 12.6 Å². The van der Waals surface area contributed by atoms with Gasteiger partial charge in [0.2, 0.25) is 0 Å². The molecular formula is C10H13ClFNO2S. The molecule has 2 rings (SSSR count). The summed E-state index contributed by atoms with van der Waals surface area (Å²) >= 11 is 0. The fraction of sp³-hybridized carbons (Fsp3) is 0.400. The van der Waals surface area contributed by atoms with Crippen molar-refractivity contribution in [2.45, 2.75) is 6.04 Å². The van der Waals surface area contributed by atoms with Gasteiger partial charge in [-0.2, -0.15) is 0 Å². The minimum Gasteiger partial charge on any atom is -0.308 e. The average molecular weight is 266 g/mol. The molecule has 1 fully saturated rings. The molecule has 0 aliphatic carbocycles. The van der Waals surface area contributed by atoms with Gasteiger partial charge >= 0.3 is 0 Å². The van der Waals surface area contributed by atoms with Crippen LogP contribution in [0.3, 0.4) is 0 Å². The van der Waals surface area contributed by atoms with Crippen molar-refractivity contribution in [1.29, 1.82) is 0 Å². The number of hydrogen-bond donors (Lipinski definition) is 1. The second-order valence-electron chi connectivity index (χ2n) is 3.67. The van der Waals surface area contributed by atoms with Gasteiger partial charge in [-0.25, -0.2) is 12.8 Å². The summed E-state index contributed by atoms with van der Waals surface area (Å²) in [5.74, 6) is -0.0269. The zero-order chi connectivity index (χ0) is 10.9. The monoisotopic (exact) mass is 265 g/mol. The highest BCUT2D eigenvalue weighted by molar-refractivity contribution is 7.91. The molecule has 0 spiro atoms. The summed E-state index contributed by atoms with van der Waals surface area (Å²) in [5.41, 5.74) is 0.819. The van der Waals surface area contributed by atoms with Crippen LogP contribution in [0.1, 0.15) is 11.6 Å². The second-order valence-corrected chi connectivity index (χ2v) is 5.90. The third-order valence-corrected chi connectivity index (χ3v) is 4.16. The van der Waals surface area contributed by atoms with Gasteiger partial charge in [0.25, 0.3) is 0 Å². The van der Waals surface area contributed by atoms with Crippen molar-refractivity contribution >= 4 is 22.2 Å². The lowest BCUT2D eigenvalue weighted by Crippen LogP contribution is -2.39. The maximum atomic E-state index is 12.7. The van der Waals surface area contributed by atoms with Crippen LogP contribution >= 0.6 is 12.4 Å². The lowest BCUT2D eigenvalue weighted by atomic mass is 10.1. The molecular weight excluding hydrogens is 253 g/mol. The molecule has 6 heteroatoms. The Morgan fingerprint density at radius 3 is 2.44 bits per heavy atom. The zero-order valence-corrected chi connectivity index (χ0v) is 10.2. The van der Waals surface area contributed by atoms with Gasteiger partial charge in [-0.15, -0.1) is 12.4 Å². The number of hydrogen-bond acceptors (Lipinski definition) is 3. The highest BCUT2D eigenvalue weighted by Gasteiger charge is 2.25. The smallest absolute Gasteiger partial charge is 0.153 e. The van der Waals surface area contributed by atoms with E-state index in [1.807, 2.05) is 0 Å². The Bertz CT molecular complexity index is 446. The number of sulfone groups is 1. The minimum absolute atomic E-state index is 0. The molecule has 0 amide bonds. The topological polar surface area (TPSA) is 46.2 Å². The van der Waals surface area contributed by atoms with Crippen LogP contribution in [0.25, 0.3) is 0 Å². The Labute approximate surface area is 100 Å². The van der Waals surface area contributed by atoms with Crippen molar-refractivity contribution < 1.29 is 12.8 Å². The third-order valence-electron chi connectivity index (χ3n) is 2.50. The van der Waals surface area contributed by atoms with E-state index in [-0.39, 0.29) is 35.8 Å². The van der Waals surface area contributed by atoms with E-state index in [0.29, 0.717) is 6.54 Å². The molecule has 1 unspecified atom stereocenters. The highest BCUT2D eigenvalue weighted by atomic mass is 35.5. The maximum Gasteiger partial charge on any atom is 0.153 e. The van der Waals surface area contributed by atoms with E-state index in [0.717, 1.165) is 5.56 Å². The van der Waals surface area contributed by atoms with Crippen LogP contribution in [0.2, 0.25) is 0 Å². The number of halogens is 2. The Morgan fingerprint density at radius 1 is 1.25 bits per heavy atom. The summed E-state index contributed by atoms with van der Waals surface area (Å²) < 4.78 is 35.4. The van der Waals surface area contributed by atoms with E-state index in [4.69, 9.17) is 0 Å². The van der Waals surface area contributed by atoms with Gasteiger partial charge in [0.05, 0.1) is 11.5 Å². The van der Waals surface area contributed by atoms with Crippen molar-refractivity contribution in [3.05, 3.63) is 35.6 Å². The Hall–Kier alpha value is -0.650. The van der Waals surface area contributed by atoms with Crippen LogP contribution in [-0.2, 0) is 9.84 Å². The molecule has 1 atom stereocenters. The normalized spacial score (nSPS) is 23.4. The van der Waals surface area contributed by atoms with Crippen molar-refractivity contribution in [3.63, 3.8) is 0 Å². The molecule has 1 heterocycles. The van der Waals surface area contributed by atoms with E-state index in [1.165, 1.54) is 12.1 Å². The molecule has 1 aromatic rings. The molecule has 1 saturated heterocycles. The Kier molecular flexibility index (Phi) is 4.29. The predicted molar refractivity (Wildman–Crippen MR) is 63.0 cm³/mol. The van der Waals surface area contributed by atoms with Crippen LogP contribution in [0.5, 0.6) is 0 Å². The van der Waals surface area contributed by atoms with Crippen LogP contribution in [0.4, 0.5) is 4.39 Å². The summed E-state index contributed by atoms with van der Waals surface area (Å²) in [5, 5.41) is 3.11. The SMILES string of the molecule is Cl.O=S1(=O)CCNC(c2ccc(F)cc2)C1. The first-order valence-corrected chi connectivity index (χ1v) is 6.58. The zero-order valence-electron chi connectivity index (χ0n) is 8.52. The number of benzene rings is 1. The largest absolute Gasteiger partial charge is 0.308 e. The molecule has 0 radical (unpaired) electrons. The lowest BCUT2D eigenvalue weighted by molar-refractivity contribution is 0.530. The fourth-order valence-electron chi connectivity index (χ4n) is 1.69. The summed E-state index contributed by atoms with van der Waals surface area (Å²) in [7, 11) is -2.95. The lowest BCUT2D eigenvalue weighted by Gasteiger charge is -2.23. The van der Waals surface area contributed by atoms with E-state index in [9.17, 15) is 12.8 Å². The molecule has 1 aliphatic heterocycles. The first-order chi connectivity index (χ1) is 7.07. The van der Waals surface area contributed by atoms with E-state index < -0.39 is 9.84 Å². The molecule has 0 aromatic heterocycles. The molecule has 1 aliphatic rings. The van der Waals surface area contributed by atoms with Crippen LogP contribution in [0, 0.1) is 5.82 Å². The first-order valence-electron chi connectivity index (χ1n) is 4.76. The van der Waals surface area contributed by atoms with Gasteiger partial charge in [0.15, 0.2) is 9.84 Å². The third kappa shape index (κ3) is 3.17. The van der Waals surface area contributed by atoms with Crippen molar-refractivity contribution in [2.24, 2.45) is 0 Å². The van der Waals surface area contributed by atoms with Crippen LogP contribution < -0.4 is 5.32 Å². The van der Waals surface area contributed by atoms with E-state index in [1.54, 1.807) is 12.1 Å². The van der Waals surface area contributed by atoms with Crippen molar-refractivity contribution in [1.82, 2.24) is 5.32 Å². The average Bonchev–Trinajstić information content (AvgIpc) is 2.17. The molecule has 1 N–H and O–H groups in total. The van der Waals surface area contributed by atoms with Crippen molar-refractivity contribution in [3.8, 4) is 0 Å². The standard InChI is InChI=1S/C10H12FNO2S.ClH/c11-9-3-1-8(2-4-9)10-7-15(13,14)6-5-12-10;/h1-4,10,12H,5-7H2;1H. The van der Waals surface area contributed by atoms with E-state index in [2.05, 4.69) is 5.32 Å². The fourth-order valence-corrected chi connectivity index (χ4v) is 3.11. The molecule has 1 aromatic carbocycles. The molecule has 3 nitrogen and oxygen atoms in total. The predicted octanol–water partition coefficient (Wildman–Crippen LogP) is 1.31. The summed E-state index contributed by atoms with van der Waals surface area (Å²) in [6, 6.07) is 5.72. The van der Waals surface area contributed by atoms with Crippen LogP contribution in [0.15, 0.2) is 24.3 Å². The minimum atomic E-state index is -2.95. The summed E-state index contributed by atoms with van der Waals surface area (Å²) in [6.45, 7) is 0.463. The highest BCUT2D eigenvalue weighted by Crippen LogP contribution is 2.18. The van der Waals surface area contributed by atoms with Gasteiger partial charge in [-0.05, 0) is 17.7 Å². The van der Waals surface area contributed by atoms with Gasteiger partial charge < -0.3 is 5.32 Å². The van der Waals surface area contributed by atoms with Crippen molar-refractivity contribution in [2.75, 3.05) is 18.1 Å². The molecule has 0 saturated carbocycles. The summed E-state index contributed by atoms with van der Waals surface area (Å²) in [6.07, 6.45) is 0. The van der Waals surface area contributed by atoms with Gasteiger partial charge in [-0.1, -0.05) is 12.1 Å². The van der Waals surface area contributed by atoms with Gasteiger partial charge in [0.1, 0.15) is 5.82 Å². The maximum absolute atomic E-state index is 12.7. The molecule has 90 valence electrons. The first kappa shape index (κ1) is 13.4. The summed E-state index contributed by atoms with van der Waals surface area (Å²) in [4.78, 5) is 0.